The van der Waals surface area contributed by atoms with Crippen LogP contribution in [-0.2, 0) is 20.8 Å². The molecule has 2 aromatic carbocycles. The van der Waals surface area contributed by atoms with E-state index in [9.17, 15) is 0 Å². The number of nitrogens with zero attached hydrogens (tertiary/aromatic N) is 1. The fraction of sp³-hybridized carbons (Fsp3) is 0.389. The Balaban J connectivity index is 1.62. The Bertz CT molecular complexity index is 856. The number of hydrogen-bond acceptors (Lipinski definition) is 5. The van der Waals surface area contributed by atoms with E-state index in [4.69, 9.17) is 26.4 Å². The molecule has 0 aliphatic rings. The lowest BCUT2D eigenvalue weighted by molar-refractivity contribution is 0.0232. The number of rotatable bonds is 9. The molecule has 1 heterocycles. The second kappa shape index (κ2) is 8.69. The monoisotopic (exact) mass is 363 g/mol. The zero-order valence-corrected chi connectivity index (χ0v) is 15.3. The summed E-state index contributed by atoms with van der Waals surface area (Å²) < 4.78 is 20.3. The van der Waals surface area contributed by atoms with E-state index in [2.05, 4.69) is 41.0 Å². The van der Waals surface area contributed by atoms with Gasteiger partial charge in [-0.15, -0.1) is 11.3 Å². The summed E-state index contributed by atoms with van der Waals surface area (Å²) in [7, 11) is 1.66. The summed E-state index contributed by atoms with van der Waals surface area (Å²) in [6.07, 6.45) is 0. The Hall–Kier alpha value is -1.31. The van der Waals surface area contributed by atoms with E-state index in [1.165, 1.54) is 21.0 Å². The molecular weight excluding hydrogens is 342 g/mol. The summed E-state index contributed by atoms with van der Waals surface area (Å²) in [6, 6.07) is 12.7. The molecule has 0 unspecified atom stereocenters. The van der Waals surface area contributed by atoms with Crippen LogP contribution in [-0.4, -0.2) is 44.7 Å². The smallest absolute Gasteiger partial charge is 0.162 e. The van der Waals surface area contributed by atoms with Crippen LogP contribution >= 0.6 is 23.6 Å². The zero-order chi connectivity index (χ0) is 16.8. The fourth-order valence-electron chi connectivity index (χ4n) is 2.62. The minimum Gasteiger partial charge on any atom is -0.382 e. The average molecular weight is 364 g/mol. The molecule has 3 rings (SSSR count). The lowest BCUT2D eigenvalue weighted by atomic mass is 10.1. The van der Waals surface area contributed by atoms with Gasteiger partial charge in [0.2, 0.25) is 0 Å². The predicted molar refractivity (Wildman–Crippen MR) is 102 cm³/mol. The molecule has 0 aliphatic carbocycles. The molecule has 4 nitrogen and oxygen atoms in total. The molecular formula is C18H21NO3S2. The van der Waals surface area contributed by atoms with Crippen LogP contribution in [0.3, 0.4) is 0 Å². The maximum absolute atomic E-state index is 5.65. The minimum absolute atomic E-state index is 0.585. The van der Waals surface area contributed by atoms with Gasteiger partial charge in [0.05, 0.1) is 43.3 Å². The molecule has 0 saturated heterocycles. The van der Waals surface area contributed by atoms with Gasteiger partial charge < -0.3 is 18.8 Å². The topological polar surface area (TPSA) is 32.6 Å². The lowest BCUT2D eigenvalue weighted by Gasteiger charge is -2.08. The van der Waals surface area contributed by atoms with Crippen molar-refractivity contribution in [2.45, 2.75) is 6.54 Å². The van der Waals surface area contributed by atoms with Crippen LogP contribution in [0, 0.1) is 3.95 Å². The van der Waals surface area contributed by atoms with Crippen molar-refractivity contribution < 1.29 is 14.2 Å². The summed E-state index contributed by atoms with van der Waals surface area (Å²) in [6.45, 7) is 3.78. The first-order valence-corrected chi connectivity index (χ1v) is 9.19. The van der Waals surface area contributed by atoms with Crippen molar-refractivity contribution in [1.82, 2.24) is 4.57 Å². The molecule has 24 heavy (non-hydrogen) atoms. The summed E-state index contributed by atoms with van der Waals surface area (Å²) in [5, 5.41) is 2.51. The second-order valence-electron chi connectivity index (χ2n) is 5.37. The van der Waals surface area contributed by atoms with Crippen molar-refractivity contribution >= 4 is 44.5 Å². The van der Waals surface area contributed by atoms with Crippen molar-refractivity contribution in [2.24, 2.45) is 0 Å². The van der Waals surface area contributed by atoms with Gasteiger partial charge in [-0.2, -0.15) is 0 Å². The zero-order valence-electron chi connectivity index (χ0n) is 13.7. The Morgan fingerprint density at radius 2 is 1.71 bits per heavy atom. The lowest BCUT2D eigenvalue weighted by Crippen LogP contribution is -2.11. The van der Waals surface area contributed by atoms with Crippen molar-refractivity contribution in [3.8, 4) is 0 Å². The van der Waals surface area contributed by atoms with E-state index in [1.54, 1.807) is 18.4 Å². The van der Waals surface area contributed by atoms with Crippen LogP contribution in [0.4, 0.5) is 0 Å². The number of hydrogen-bond donors (Lipinski definition) is 0. The molecule has 0 fully saturated rings. The highest BCUT2D eigenvalue weighted by Gasteiger charge is 2.08. The van der Waals surface area contributed by atoms with E-state index in [-0.39, 0.29) is 0 Å². The molecule has 1 aromatic heterocycles. The highest BCUT2D eigenvalue weighted by molar-refractivity contribution is 7.73. The molecule has 0 amide bonds. The van der Waals surface area contributed by atoms with Crippen LogP contribution in [0.5, 0.6) is 0 Å². The Morgan fingerprint density at radius 3 is 2.54 bits per heavy atom. The molecule has 0 saturated carbocycles. The molecule has 0 spiro atoms. The molecule has 0 radical (unpaired) electrons. The number of methoxy groups -OCH3 is 1. The Morgan fingerprint density at radius 1 is 0.958 bits per heavy atom. The van der Waals surface area contributed by atoms with Crippen LogP contribution in [0.1, 0.15) is 0 Å². The predicted octanol–water partition coefficient (Wildman–Crippen LogP) is 4.27. The largest absolute Gasteiger partial charge is 0.382 e. The molecule has 6 heteroatoms. The van der Waals surface area contributed by atoms with Gasteiger partial charge in [0.25, 0.3) is 0 Å². The van der Waals surface area contributed by atoms with E-state index in [0.29, 0.717) is 33.0 Å². The van der Waals surface area contributed by atoms with Gasteiger partial charge in [0.15, 0.2) is 3.95 Å². The van der Waals surface area contributed by atoms with Crippen molar-refractivity contribution in [3.05, 3.63) is 40.4 Å². The van der Waals surface area contributed by atoms with Gasteiger partial charge in [0, 0.05) is 19.0 Å². The third-order valence-corrected chi connectivity index (χ3v) is 5.32. The van der Waals surface area contributed by atoms with Crippen molar-refractivity contribution in [3.63, 3.8) is 0 Å². The number of thiazole rings is 1. The van der Waals surface area contributed by atoms with E-state index >= 15 is 0 Å². The molecule has 0 bridgehead atoms. The maximum Gasteiger partial charge on any atom is 0.162 e. The third kappa shape index (κ3) is 4.02. The van der Waals surface area contributed by atoms with Gasteiger partial charge in [-0.3, -0.25) is 0 Å². The fourth-order valence-corrected chi connectivity index (χ4v) is 4.12. The minimum atomic E-state index is 0.585. The Labute approximate surface area is 150 Å². The number of benzene rings is 2. The van der Waals surface area contributed by atoms with Gasteiger partial charge >= 0.3 is 0 Å². The van der Waals surface area contributed by atoms with Crippen LogP contribution in [0.25, 0.3) is 21.0 Å². The van der Waals surface area contributed by atoms with E-state index in [1.807, 2.05) is 0 Å². The summed E-state index contributed by atoms with van der Waals surface area (Å²) >= 11 is 7.22. The first kappa shape index (κ1) is 17.5. The highest BCUT2D eigenvalue weighted by atomic mass is 32.1. The molecule has 0 N–H and O–H groups in total. The standard InChI is InChI=1S/C18H21NO3S2/c1-20-10-11-22-13-12-21-9-8-19-16-7-6-14-4-2-3-5-15(14)17(16)24-18(19)23/h2-7H,8-13H2,1H3. The van der Waals surface area contributed by atoms with Gasteiger partial charge in [0.1, 0.15) is 0 Å². The number of ether oxygens (including phenoxy) is 3. The van der Waals surface area contributed by atoms with Gasteiger partial charge in [-0.05, 0) is 23.7 Å². The molecule has 0 aliphatic heterocycles. The van der Waals surface area contributed by atoms with Crippen LogP contribution in [0.15, 0.2) is 36.4 Å². The maximum atomic E-state index is 5.65. The summed E-state index contributed by atoms with van der Waals surface area (Å²) in [5.74, 6) is 0. The number of fused-ring (bicyclic) bond motifs is 3. The molecule has 128 valence electrons. The Kier molecular flexibility index (Phi) is 6.34. The quantitative estimate of drug-likeness (QED) is 0.420. The first-order valence-electron chi connectivity index (χ1n) is 7.97. The van der Waals surface area contributed by atoms with Crippen LogP contribution in [0.2, 0.25) is 0 Å². The highest BCUT2D eigenvalue weighted by Crippen LogP contribution is 2.30. The van der Waals surface area contributed by atoms with E-state index in [0.717, 1.165) is 10.5 Å². The summed E-state index contributed by atoms with van der Waals surface area (Å²) in [4.78, 5) is 0. The third-order valence-electron chi connectivity index (χ3n) is 3.82. The normalized spacial score (nSPS) is 11.5. The van der Waals surface area contributed by atoms with Crippen molar-refractivity contribution in [2.75, 3.05) is 40.1 Å². The number of aromatic nitrogens is 1. The van der Waals surface area contributed by atoms with Crippen molar-refractivity contribution in [1.29, 1.82) is 0 Å². The molecule has 3 aromatic rings. The second-order valence-corrected chi connectivity index (χ2v) is 7.02. The molecule has 0 atom stereocenters. The van der Waals surface area contributed by atoms with Gasteiger partial charge in [-0.25, -0.2) is 0 Å². The average Bonchev–Trinajstić information content (AvgIpc) is 2.93. The van der Waals surface area contributed by atoms with Crippen LogP contribution < -0.4 is 0 Å². The first-order chi connectivity index (χ1) is 11.8. The van der Waals surface area contributed by atoms with E-state index < -0.39 is 0 Å². The van der Waals surface area contributed by atoms with Gasteiger partial charge in [-0.1, -0.05) is 30.3 Å². The SMILES string of the molecule is COCCOCCOCCn1c(=S)sc2c3ccccc3ccc21. The summed E-state index contributed by atoms with van der Waals surface area (Å²) in [5.41, 5.74) is 1.18.